The highest BCUT2D eigenvalue weighted by Crippen LogP contribution is 2.13. The summed E-state index contributed by atoms with van der Waals surface area (Å²) in [5.41, 5.74) is 1.42. The molecule has 1 amide bonds. The van der Waals surface area contributed by atoms with Gasteiger partial charge < -0.3 is 10.1 Å². The number of carbonyl (C=O) groups is 1. The van der Waals surface area contributed by atoms with Gasteiger partial charge in [-0.3, -0.25) is 4.79 Å². The van der Waals surface area contributed by atoms with Crippen LogP contribution in [0.1, 0.15) is 11.3 Å². The van der Waals surface area contributed by atoms with E-state index in [1.165, 1.54) is 6.08 Å². The van der Waals surface area contributed by atoms with Crippen molar-refractivity contribution in [1.82, 2.24) is 10.3 Å². The molecule has 2 aromatic rings. The lowest BCUT2D eigenvalue weighted by Gasteiger charge is -2.06. The fourth-order valence-electron chi connectivity index (χ4n) is 1.86. The summed E-state index contributed by atoms with van der Waals surface area (Å²) in [6, 6.07) is 14.5. The van der Waals surface area contributed by atoms with Gasteiger partial charge in [0, 0.05) is 6.54 Å². The quantitative estimate of drug-likeness (QED) is 0.497. The first-order chi connectivity index (χ1) is 11.1. The molecule has 116 valence electrons. The largest absolute Gasteiger partial charge is 0.497 e. The molecule has 1 heterocycles. The summed E-state index contributed by atoms with van der Waals surface area (Å²) in [6.45, 7) is 0.307. The summed E-state index contributed by atoms with van der Waals surface area (Å²) in [5, 5.41) is 11.9. The van der Waals surface area contributed by atoms with Crippen LogP contribution < -0.4 is 10.1 Å². The van der Waals surface area contributed by atoms with Crippen molar-refractivity contribution in [2.45, 2.75) is 6.54 Å². The Labute approximate surface area is 142 Å². The van der Waals surface area contributed by atoms with E-state index in [1.807, 2.05) is 30.3 Å². The number of amides is 1. The number of carbonyl (C=O) groups excluding carboxylic acids is 1. The van der Waals surface area contributed by atoms with Crippen molar-refractivity contribution in [2.75, 3.05) is 7.11 Å². The van der Waals surface area contributed by atoms with E-state index in [1.54, 1.807) is 25.3 Å². The predicted octanol–water partition coefficient (Wildman–Crippen LogP) is 3.08. The third-order valence-electron chi connectivity index (χ3n) is 2.98. The molecule has 0 bridgehead atoms. The minimum atomic E-state index is -0.447. The van der Waals surface area contributed by atoms with Gasteiger partial charge in [0.1, 0.15) is 22.0 Å². The van der Waals surface area contributed by atoms with Crippen LogP contribution in [0, 0.1) is 11.3 Å². The van der Waals surface area contributed by atoms with Crippen LogP contribution in [0.3, 0.4) is 0 Å². The molecule has 0 atom stereocenters. The fraction of sp³-hybridized carbons (Fsp3) is 0.118. The summed E-state index contributed by atoms with van der Waals surface area (Å²) in [5.74, 6) is 0.267. The van der Waals surface area contributed by atoms with Gasteiger partial charge in [0.25, 0.3) is 5.91 Å². The molecule has 0 aliphatic heterocycles. The zero-order chi connectivity index (χ0) is 16.7. The molecule has 1 N–H and O–H groups in total. The van der Waals surface area contributed by atoms with Gasteiger partial charge in [-0.15, -0.1) is 0 Å². The monoisotopic (exact) mass is 371 g/mol. The molecule has 2 rings (SSSR count). The highest BCUT2D eigenvalue weighted by atomic mass is 79.9. The van der Waals surface area contributed by atoms with Gasteiger partial charge in [0.05, 0.1) is 12.8 Å². The molecule has 1 aromatic heterocycles. The van der Waals surface area contributed by atoms with Crippen LogP contribution >= 0.6 is 15.9 Å². The van der Waals surface area contributed by atoms with Crippen molar-refractivity contribution in [3.63, 3.8) is 0 Å². The van der Waals surface area contributed by atoms with Crippen LogP contribution in [0.2, 0.25) is 0 Å². The lowest BCUT2D eigenvalue weighted by Crippen LogP contribution is -2.24. The minimum Gasteiger partial charge on any atom is -0.497 e. The van der Waals surface area contributed by atoms with Gasteiger partial charge in [-0.25, -0.2) is 4.98 Å². The molecule has 0 fully saturated rings. The second-order valence-corrected chi connectivity index (χ2v) is 5.40. The molecule has 23 heavy (non-hydrogen) atoms. The molecule has 0 aliphatic carbocycles. The van der Waals surface area contributed by atoms with E-state index in [9.17, 15) is 4.79 Å². The van der Waals surface area contributed by atoms with Crippen LogP contribution in [0.5, 0.6) is 5.75 Å². The standard InChI is InChI=1S/C17H14BrN3O2/c1-23-15-6-2-4-12(8-15)11-20-17(22)13(10-19)9-14-5-3-7-16(18)21-14/h2-9H,11H2,1H3,(H,20,22)/b13-9+. The molecule has 0 spiro atoms. The van der Waals surface area contributed by atoms with E-state index in [-0.39, 0.29) is 5.57 Å². The number of ether oxygens (including phenoxy) is 1. The first-order valence-corrected chi connectivity index (χ1v) is 7.57. The van der Waals surface area contributed by atoms with Gasteiger partial charge >= 0.3 is 0 Å². The summed E-state index contributed by atoms with van der Waals surface area (Å²) in [7, 11) is 1.58. The Morgan fingerprint density at radius 3 is 2.87 bits per heavy atom. The summed E-state index contributed by atoms with van der Waals surface area (Å²) >= 11 is 3.25. The van der Waals surface area contributed by atoms with Crippen molar-refractivity contribution in [3.05, 3.63) is 63.9 Å². The molecule has 0 aliphatic rings. The number of methoxy groups -OCH3 is 1. The van der Waals surface area contributed by atoms with Crippen LogP contribution in [-0.2, 0) is 11.3 Å². The Bertz CT molecular complexity index is 781. The van der Waals surface area contributed by atoms with E-state index in [4.69, 9.17) is 10.00 Å². The number of hydrogen-bond acceptors (Lipinski definition) is 4. The van der Waals surface area contributed by atoms with E-state index < -0.39 is 5.91 Å². The van der Waals surface area contributed by atoms with Crippen LogP contribution in [0.25, 0.3) is 6.08 Å². The maximum Gasteiger partial charge on any atom is 0.262 e. The van der Waals surface area contributed by atoms with Crippen molar-refractivity contribution >= 4 is 27.9 Å². The van der Waals surface area contributed by atoms with Crippen LogP contribution in [-0.4, -0.2) is 18.0 Å². The highest BCUT2D eigenvalue weighted by Gasteiger charge is 2.09. The molecule has 0 saturated carbocycles. The van der Waals surface area contributed by atoms with Crippen molar-refractivity contribution < 1.29 is 9.53 Å². The van der Waals surface area contributed by atoms with Crippen molar-refractivity contribution in [2.24, 2.45) is 0 Å². The minimum absolute atomic E-state index is 0.00139. The maximum absolute atomic E-state index is 12.1. The zero-order valence-electron chi connectivity index (χ0n) is 12.4. The Morgan fingerprint density at radius 1 is 1.39 bits per heavy atom. The highest BCUT2D eigenvalue weighted by molar-refractivity contribution is 9.10. The number of nitrogens with one attached hydrogen (secondary N) is 1. The number of nitriles is 1. The molecule has 6 heteroatoms. The molecule has 5 nitrogen and oxygen atoms in total. The number of hydrogen-bond donors (Lipinski definition) is 1. The lowest BCUT2D eigenvalue weighted by atomic mass is 10.2. The van der Waals surface area contributed by atoms with Gasteiger partial charge in [-0.05, 0) is 51.8 Å². The Kier molecular flexibility index (Phi) is 5.89. The normalized spacial score (nSPS) is 10.7. The van der Waals surface area contributed by atoms with E-state index >= 15 is 0 Å². The average molecular weight is 372 g/mol. The topological polar surface area (TPSA) is 75.0 Å². The SMILES string of the molecule is COc1cccc(CNC(=O)/C(C#N)=C/c2cccc(Br)n2)c1. The Morgan fingerprint density at radius 2 is 2.17 bits per heavy atom. The second-order valence-electron chi connectivity index (χ2n) is 4.59. The number of rotatable bonds is 5. The smallest absolute Gasteiger partial charge is 0.262 e. The van der Waals surface area contributed by atoms with Crippen LogP contribution in [0.15, 0.2) is 52.6 Å². The number of benzene rings is 1. The van der Waals surface area contributed by atoms with Gasteiger partial charge in [-0.2, -0.15) is 5.26 Å². The van der Waals surface area contributed by atoms with Crippen LogP contribution in [0.4, 0.5) is 0 Å². The van der Waals surface area contributed by atoms with E-state index in [0.717, 1.165) is 5.56 Å². The first-order valence-electron chi connectivity index (χ1n) is 6.78. The molecule has 0 radical (unpaired) electrons. The fourth-order valence-corrected chi connectivity index (χ4v) is 2.22. The number of aromatic nitrogens is 1. The van der Waals surface area contributed by atoms with Gasteiger partial charge in [-0.1, -0.05) is 18.2 Å². The molecular formula is C17H14BrN3O2. The Hall–Kier alpha value is -2.65. The third kappa shape index (κ3) is 4.94. The van der Waals surface area contributed by atoms with E-state index in [2.05, 4.69) is 26.2 Å². The first kappa shape index (κ1) is 16.7. The molecule has 1 aromatic carbocycles. The molecule has 0 saturated heterocycles. The van der Waals surface area contributed by atoms with Crippen molar-refractivity contribution in [1.29, 1.82) is 5.26 Å². The maximum atomic E-state index is 12.1. The molecule has 0 unspecified atom stereocenters. The summed E-state index contributed by atoms with van der Waals surface area (Å²) < 4.78 is 5.77. The lowest BCUT2D eigenvalue weighted by molar-refractivity contribution is -0.117. The number of halogens is 1. The summed E-state index contributed by atoms with van der Waals surface area (Å²) in [4.78, 5) is 16.3. The van der Waals surface area contributed by atoms with Gasteiger partial charge in [0.2, 0.25) is 0 Å². The predicted molar refractivity (Wildman–Crippen MR) is 90.4 cm³/mol. The van der Waals surface area contributed by atoms with E-state index in [0.29, 0.717) is 22.6 Å². The average Bonchev–Trinajstić information content (AvgIpc) is 2.57. The summed E-state index contributed by atoms with van der Waals surface area (Å²) in [6.07, 6.45) is 1.45. The number of pyridine rings is 1. The molecular weight excluding hydrogens is 358 g/mol. The van der Waals surface area contributed by atoms with Crippen molar-refractivity contribution in [3.8, 4) is 11.8 Å². The Balaban J connectivity index is 2.07. The number of nitrogens with zero attached hydrogens (tertiary/aromatic N) is 2. The second kappa shape index (κ2) is 8.11. The third-order valence-corrected chi connectivity index (χ3v) is 3.42. The zero-order valence-corrected chi connectivity index (χ0v) is 14.0. The van der Waals surface area contributed by atoms with Gasteiger partial charge in [0.15, 0.2) is 0 Å².